The van der Waals surface area contributed by atoms with Crippen molar-refractivity contribution in [1.82, 2.24) is 0 Å². The molecule has 6 nitrogen and oxygen atoms in total. The number of carbonyl (C=O) groups is 2. The first-order chi connectivity index (χ1) is 14.7. The van der Waals surface area contributed by atoms with E-state index in [9.17, 15) is 22.8 Å². The van der Waals surface area contributed by atoms with Crippen LogP contribution in [0.15, 0.2) is 42.5 Å². The van der Waals surface area contributed by atoms with E-state index in [0.717, 1.165) is 6.07 Å². The lowest BCUT2D eigenvalue weighted by Crippen LogP contribution is -2.22. The maximum atomic E-state index is 13.0. The first-order valence-corrected chi connectivity index (χ1v) is 9.75. The summed E-state index contributed by atoms with van der Waals surface area (Å²) in [5.41, 5.74) is -1.57. The second-order valence-corrected chi connectivity index (χ2v) is 6.66. The summed E-state index contributed by atoms with van der Waals surface area (Å²) in [5, 5.41) is 1.95. The number of nitrogens with one attached hydrogen (secondary N) is 1. The van der Waals surface area contributed by atoms with E-state index in [1.165, 1.54) is 6.07 Å². The third kappa shape index (κ3) is 8.01. The number of amides is 1. The van der Waals surface area contributed by atoms with Gasteiger partial charge in [0.2, 0.25) is 0 Å². The Morgan fingerprint density at radius 3 is 2.39 bits per heavy atom. The molecule has 0 fully saturated rings. The summed E-state index contributed by atoms with van der Waals surface area (Å²) in [6.07, 6.45) is -4.42. The van der Waals surface area contributed by atoms with Gasteiger partial charge >= 0.3 is 12.1 Å². The molecular weight excluding hydrogens is 439 g/mol. The average Bonchev–Trinajstić information content (AvgIpc) is 2.71. The second kappa shape index (κ2) is 11.5. The van der Waals surface area contributed by atoms with Crippen LogP contribution in [-0.2, 0) is 20.5 Å². The molecule has 168 valence electrons. The number of anilines is 1. The van der Waals surface area contributed by atoms with Gasteiger partial charge in [-0.05, 0) is 43.7 Å². The van der Waals surface area contributed by atoms with Crippen molar-refractivity contribution in [2.75, 3.05) is 25.1 Å². The SMILES string of the molecule is CCOc1ccccc1OCCCC(=O)OCC(=O)Nc1ccc(Cl)cc1C(F)(F)F. The van der Waals surface area contributed by atoms with Crippen LogP contribution in [0, 0.1) is 0 Å². The number of hydrogen-bond donors (Lipinski definition) is 1. The van der Waals surface area contributed by atoms with Crippen molar-refractivity contribution in [2.45, 2.75) is 25.9 Å². The lowest BCUT2D eigenvalue weighted by molar-refractivity contribution is -0.147. The Kier molecular flexibility index (Phi) is 8.99. The molecule has 0 aliphatic rings. The highest BCUT2D eigenvalue weighted by Gasteiger charge is 2.34. The number of para-hydroxylation sites is 2. The Labute approximate surface area is 182 Å². The Hall–Kier alpha value is -2.94. The number of rotatable bonds is 10. The minimum atomic E-state index is -4.70. The number of esters is 1. The molecule has 0 saturated heterocycles. The minimum absolute atomic E-state index is 0.0289. The zero-order chi connectivity index (χ0) is 22.9. The molecule has 0 atom stereocenters. The Balaban J connectivity index is 1.75. The largest absolute Gasteiger partial charge is 0.490 e. The van der Waals surface area contributed by atoms with Crippen molar-refractivity contribution in [1.29, 1.82) is 0 Å². The molecule has 0 saturated carbocycles. The van der Waals surface area contributed by atoms with Gasteiger partial charge in [0.05, 0.1) is 24.5 Å². The first kappa shape index (κ1) is 24.3. The molecule has 2 aromatic carbocycles. The number of hydrogen-bond acceptors (Lipinski definition) is 5. The summed E-state index contributed by atoms with van der Waals surface area (Å²) < 4.78 is 54.9. The van der Waals surface area contributed by atoms with Gasteiger partial charge in [-0.25, -0.2) is 0 Å². The average molecular weight is 460 g/mol. The van der Waals surface area contributed by atoms with Crippen LogP contribution >= 0.6 is 11.6 Å². The molecule has 0 aromatic heterocycles. The Morgan fingerprint density at radius 1 is 1.06 bits per heavy atom. The fourth-order valence-corrected chi connectivity index (χ4v) is 2.68. The van der Waals surface area contributed by atoms with Gasteiger partial charge in [-0.15, -0.1) is 0 Å². The van der Waals surface area contributed by atoms with Crippen LogP contribution in [0.4, 0.5) is 18.9 Å². The second-order valence-electron chi connectivity index (χ2n) is 6.23. The number of carbonyl (C=O) groups excluding carboxylic acids is 2. The molecule has 0 radical (unpaired) electrons. The van der Waals surface area contributed by atoms with Gasteiger partial charge in [-0.3, -0.25) is 9.59 Å². The molecule has 10 heteroatoms. The van der Waals surface area contributed by atoms with E-state index in [1.807, 2.05) is 13.0 Å². The van der Waals surface area contributed by atoms with Gasteiger partial charge in [0, 0.05) is 11.4 Å². The van der Waals surface area contributed by atoms with E-state index >= 15 is 0 Å². The summed E-state index contributed by atoms with van der Waals surface area (Å²) in [6, 6.07) is 10.0. The van der Waals surface area contributed by atoms with E-state index < -0.39 is 35.9 Å². The lowest BCUT2D eigenvalue weighted by Gasteiger charge is -2.14. The highest BCUT2D eigenvalue weighted by atomic mass is 35.5. The monoisotopic (exact) mass is 459 g/mol. The van der Waals surface area contributed by atoms with Crippen LogP contribution in [0.3, 0.4) is 0 Å². The van der Waals surface area contributed by atoms with Crippen molar-refractivity contribution in [3.8, 4) is 11.5 Å². The molecule has 1 amide bonds. The molecule has 0 aliphatic heterocycles. The van der Waals surface area contributed by atoms with Gasteiger partial charge < -0.3 is 19.5 Å². The zero-order valence-electron chi connectivity index (χ0n) is 16.6. The van der Waals surface area contributed by atoms with Crippen molar-refractivity contribution in [2.24, 2.45) is 0 Å². The molecule has 0 unspecified atom stereocenters. The smallest absolute Gasteiger partial charge is 0.418 e. The van der Waals surface area contributed by atoms with Crippen molar-refractivity contribution in [3.63, 3.8) is 0 Å². The molecule has 0 spiro atoms. The normalized spacial score (nSPS) is 11.0. The van der Waals surface area contributed by atoms with Crippen LogP contribution in [0.1, 0.15) is 25.3 Å². The van der Waals surface area contributed by atoms with E-state index in [0.29, 0.717) is 30.6 Å². The van der Waals surface area contributed by atoms with E-state index in [1.54, 1.807) is 18.2 Å². The van der Waals surface area contributed by atoms with E-state index in [-0.39, 0.29) is 18.1 Å². The third-order valence-corrected chi connectivity index (χ3v) is 4.09. The molecule has 0 bridgehead atoms. The van der Waals surface area contributed by atoms with E-state index in [4.69, 9.17) is 25.8 Å². The van der Waals surface area contributed by atoms with Gasteiger partial charge in [0.15, 0.2) is 18.1 Å². The van der Waals surface area contributed by atoms with Crippen LogP contribution in [-0.4, -0.2) is 31.7 Å². The van der Waals surface area contributed by atoms with Crippen LogP contribution in [0.2, 0.25) is 5.02 Å². The number of ether oxygens (including phenoxy) is 3. The highest BCUT2D eigenvalue weighted by Crippen LogP contribution is 2.36. The highest BCUT2D eigenvalue weighted by molar-refractivity contribution is 6.30. The van der Waals surface area contributed by atoms with Crippen LogP contribution < -0.4 is 14.8 Å². The summed E-state index contributed by atoms with van der Waals surface area (Å²) in [6.45, 7) is 1.83. The van der Waals surface area contributed by atoms with E-state index in [2.05, 4.69) is 5.32 Å². The fourth-order valence-electron chi connectivity index (χ4n) is 2.51. The summed E-state index contributed by atoms with van der Waals surface area (Å²) >= 11 is 5.59. The predicted molar refractivity (Wildman–Crippen MR) is 108 cm³/mol. The van der Waals surface area contributed by atoms with Crippen molar-refractivity contribution >= 4 is 29.2 Å². The zero-order valence-corrected chi connectivity index (χ0v) is 17.4. The van der Waals surface area contributed by atoms with Crippen LogP contribution in [0.5, 0.6) is 11.5 Å². The third-order valence-electron chi connectivity index (χ3n) is 3.86. The first-order valence-electron chi connectivity index (χ1n) is 9.37. The Bertz CT molecular complexity index is 905. The quantitative estimate of drug-likeness (QED) is 0.395. The number of alkyl halides is 3. The maximum Gasteiger partial charge on any atom is 0.418 e. The van der Waals surface area contributed by atoms with Gasteiger partial charge in [-0.2, -0.15) is 13.2 Å². The van der Waals surface area contributed by atoms with Crippen molar-refractivity contribution < 1.29 is 37.0 Å². The number of benzene rings is 2. The van der Waals surface area contributed by atoms with Gasteiger partial charge in [0.1, 0.15) is 0 Å². The summed E-state index contributed by atoms with van der Waals surface area (Å²) in [4.78, 5) is 23.6. The molecule has 31 heavy (non-hydrogen) atoms. The van der Waals surface area contributed by atoms with Gasteiger partial charge in [0.25, 0.3) is 5.91 Å². The fraction of sp³-hybridized carbons (Fsp3) is 0.333. The topological polar surface area (TPSA) is 73.9 Å². The molecule has 0 heterocycles. The predicted octanol–water partition coefficient (Wildman–Crippen LogP) is 5.10. The lowest BCUT2D eigenvalue weighted by atomic mass is 10.1. The maximum absolute atomic E-state index is 13.0. The molecule has 1 N–H and O–H groups in total. The van der Waals surface area contributed by atoms with Crippen LogP contribution in [0.25, 0.3) is 0 Å². The molecular formula is C21H21ClF3NO5. The summed E-state index contributed by atoms with van der Waals surface area (Å²) in [5.74, 6) is -0.447. The Morgan fingerprint density at radius 2 is 1.74 bits per heavy atom. The summed E-state index contributed by atoms with van der Waals surface area (Å²) in [7, 11) is 0. The molecule has 2 rings (SSSR count). The molecule has 0 aliphatic carbocycles. The number of halogens is 4. The molecule has 2 aromatic rings. The minimum Gasteiger partial charge on any atom is -0.490 e. The van der Waals surface area contributed by atoms with Gasteiger partial charge in [-0.1, -0.05) is 23.7 Å². The van der Waals surface area contributed by atoms with Crippen molar-refractivity contribution in [3.05, 3.63) is 53.1 Å². The standard InChI is InChI=1S/C21H21ClF3NO5/c1-2-29-17-6-3-4-7-18(17)30-11-5-8-20(28)31-13-19(27)26-16-10-9-14(22)12-15(16)21(23,24)25/h3-4,6-7,9-10,12H,2,5,8,11,13H2,1H3,(H,26,27).